The molecule has 20 heavy (non-hydrogen) atoms. The highest BCUT2D eigenvalue weighted by Gasteiger charge is 2.23. The van der Waals surface area contributed by atoms with Gasteiger partial charge in [0.2, 0.25) is 0 Å². The van der Waals surface area contributed by atoms with Gasteiger partial charge in [0.1, 0.15) is 0 Å². The van der Waals surface area contributed by atoms with Crippen LogP contribution in [0.15, 0.2) is 48.5 Å². The van der Waals surface area contributed by atoms with Crippen LogP contribution in [0.2, 0.25) is 10.0 Å². The summed E-state index contributed by atoms with van der Waals surface area (Å²) in [7, 11) is 0. The fourth-order valence-electron chi connectivity index (χ4n) is 2.65. The predicted octanol–water partition coefficient (Wildman–Crippen LogP) is 4.14. The van der Waals surface area contributed by atoms with Crippen LogP contribution in [-0.4, -0.2) is 19.6 Å². The van der Waals surface area contributed by atoms with Gasteiger partial charge in [-0.1, -0.05) is 59.6 Å². The molecule has 1 aliphatic rings. The van der Waals surface area contributed by atoms with E-state index in [1.165, 1.54) is 5.56 Å². The standard InChI is InChI=1S/C16H16Cl2N2/c17-13-7-4-8-14(18)16(13)20-10-9-19-15(11-20)12-5-2-1-3-6-12/h1-8,15,19H,9-11H2. The molecule has 4 heteroatoms. The van der Waals surface area contributed by atoms with E-state index in [-0.39, 0.29) is 0 Å². The number of anilines is 1. The van der Waals surface area contributed by atoms with E-state index < -0.39 is 0 Å². The largest absolute Gasteiger partial charge is 0.366 e. The topological polar surface area (TPSA) is 15.3 Å². The number of rotatable bonds is 2. The van der Waals surface area contributed by atoms with E-state index in [9.17, 15) is 0 Å². The molecule has 0 radical (unpaired) electrons. The molecule has 0 saturated carbocycles. The zero-order chi connectivity index (χ0) is 13.9. The van der Waals surface area contributed by atoms with Crippen molar-refractivity contribution in [3.63, 3.8) is 0 Å². The van der Waals surface area contributed by atoms with Crippen LogP contribution in [0.4, 0.5) is 5.69 Å². The van der Waals surface area contributed by atoms with Crippen molar-refractivity contribution in [3.05, 3.63) is 64.1 Å². The lowest BCUT2D eigenvalue weighted by atomic mass is 10.0. The second-order valence-electron chi connectivity index (χ2n) is 4.93. The molecule has 104 valence electrons. The first-order valence-electron chi connectivity index (χ1n) is 6.73. The van der Waals surface area contributed by atoms with Crippen molar-refractivity contribution < 1.29 is 0 Å². The van der Waals surface area contributed by atoms with Gasteiger partial charge in [-0.2, -0.15) is 0 Å². The molecule has 2 nitrogen and oxygen atoms in total. The lowest BCUT2D eigenvalue weighted by Crippen LogP contribution is -2.46. The van der Waals surface area contributed by atoms with Crippen molar-refractivity contribution in [1.29, 1.82) is 0 Å². The number of piperazine rings is 1. The molecule has 1 N–H and O–H groups in total. The summed E-state index contributed by atoms with van der Waals surface area (Å²) >= 11 is 12.6. The van der Waals surface area contributed by atoms with Crippen molar-refractivity contribution in [2.45, 2.75) is 6.04 Å². The van der Waals surface area contributed by atoms with Crippen LogP contribution in [0.25, 0.3) is 0 Å². The lowest BCUT2D eigenvalue weighted by molar-refractivity contribution is 0.472. The number of hydrogen-bond acceptors (Lipinski definition) is 2. The molecule has 2 aromatic rings. The summed E-state index contributed by atoms with van der Waals surface area (Å²) in [5.41, 5.74) is 2.23. The summed E-state index contributed by atoms with van der Waals surface area (Å²) in [5.74, 6) is 0. The minimum atomic E-state index is 0.303. The Morgan fingerprint density at radius 2 is 1.65 bits per heavy atom. The first-order valence-corrected chi connectivity index (χ1v) is 7.48. The first-order chi connectivity index (χ1) is 9.75. The van der Waals surface area contributed by atoms with E-state index >= 15 is 0 Å². The predicted molar refractivity (Wildman–Crippen MR) is 85.9 cm³/mol. The fourth-order valence-corrected chi connectivity index (χ4v) is 3.29. The van der Waals surface area contributed by atoms with Crippen molar-refractivity contribution in [3.8, 4) is 0 Å². The van der Waals surface area contributed by atoms with Gasteiger partial charge >= 0.3 is 0 Å². The zero-order valence-corrected chi connectivity index (χ0v) is 12.5. The monoisotopic (exact) mass is 306 g/mol. The quantitative estimate of drug-likeness (QED) is 0.897. The van der Waals surface area contributed by atoms with Crippen molar-refractivity contribution >= 4 is 28.9 Å². The molecule has 2 aromatic carbocycles. The van der Waals surface area contributed by atoms with Gasteiger partial charge < -0.3 is 10.2 Å². The van der Waals surface area contributed by atoms with E-state index in [2.05, 4.69) is 34.5 Å². The van der Waals surface area contributed by atoms with Crippen LogP contribution in [-0.2, 0) is 0 Å². The van der Waals surface area contributed by atoms with Gasteiger partial charge in [0.25, 0.3) is 0 Å². The average molecular weight is 307 g/mol. The van der Waals surface area contributed by atoms with Crippen molar-refractivity contribution in [2.75, 3.05) is 24.5 Å². The van der Waals surface area contributed by atoms with Crippen LogP contribution in [0.3, 0.4) is 0 Å². The number of nitrogens with zero attached hydrogens (tertiary/aromatic N) is 1. The van der Waals surface area contributed by atoms with Crippen molar-refractivity contribution in [1.82, 2.24) is 5.32 Å². The van der Waals surface area contributed by atoms with E-state index in [1.807, 2.05) is 24.3 Å². The summed E-state index contributed by atoms with van der Waals surface area (Å²) < 4.78 is 0. The van der Waals surface area contributed by atoms with Gasteiger partial charge in [-0.05, 0) is 17.7 Å². The van der Waals surface area contributed by atoms with Gasteiger partial charge in [0.05, 0.1) is 15.7 Å². The maximum Gasteiger partial charge on any atom is 0.0746 e. The minimum absolute atomic E-state index is 0.303. The Hall–Kier alpha value is -1.22. The second-order valence-corrected chi connectivity index (χ2v) is 5.75. The highest BCUT2D eigenvalue weighted by Crippen LogP contribution is 2.35. The summed E-state index contributed by atoms with van der Waals surface area (Å²) in [4.78, 5) is 2.26. The van der Waals surface area contributed by atoms with Crippen LogP contribution >= 0.6 is 23.2 Å². The molecule has 0 aliphatic carbocycles. The fraction of sp³-hybridized carbons (Fsp3) is 0.250. The number of benzene rings is 2. The van der Waals surface area contributed by atoms with Gasteiger partial charge in [-0.15, -0.1) is 0 Å². The number of hydrogen-bond donors (Lipinski definition) is 1. The van der Waals surface area contributed by atoms with E-state index in [0.29, 0.717) is 16.1 Å². The molecule has 0 bridgehead atoms. The maximum absolute atomic E-state index is 6.31. The van der Waals surface area contributed by atoms with Crippen molar-refractivity contribution in [2.24, 2.45) is 0 Å². The Morgan fingerprint density at radius 1 is 0.950 bits per heavy atom. The molecular weight excluding hydrogens is 291 g/mol. The normalized spacial score (nSPS) is 19.1. The van der Waals surface area contributed by atoms with Crippen LogP contribution in [0.5, 0.6) is 0 Å². The molecule has 0 aromatic heterocycles. The van der Waals surface area contributed by atoms with Gasteiger partial charge in [0, 0.05) is 25.7 Å². The summed E-state index contributed by atoms with van der Waals surface area (Å²) in [6.45, 7) is 2.70. The molecule has 1 aliphatic heterocycles. The summed E-state index contributed by atoms with van der Waals surface area (Å²) in [6.07, 6.45) is 0. The zero-order valence-electron chi connectivity index (χ0n) is 11.0. The Balaban J connectivity index is 1.85. The highest BCUT2D eigenvalue weighted by molar-refractivity contribution is 6.39. The summed E-state index contributed by atoms with van der Waals surface area (Å²) in [5, 5.41) is 4.97. The Labute approximate surface area is 129 Å². The third kappa shape index (κ3) is 2.78. The minimum Gasteiger partial charge on any atom is -0.366 e. The smallest absolute Gasteiger partial charge is 0.0746 e. The van der Waals surface area contributed by atoms with E-state index in [1.54, 1.807) is 0 Å². The third-order valence-electron chi connectivity index (χ3n) is 3.63. The molecule has 1 fully saturated rings. The molecule has 0 spiro atoms. The maximum atomic E-state index is 6.31. The van der Waals surface area contributed by atoms with Gasteiger partial charge in [-0.3, -0.25) is 0 Å². The van der Waals surface area contributed by atoms with Crippen LogP contribution in [0.1, 0.15) is 11.6 Å². The Morgan fingerprint density at radius 3 is 2.35 bits per heavy atom. The Bertz CT molecular complexity index is 566. The number of halogens is 2. The van der Waals surface area contributed by atoms with Crippen LogP contribution < -0.4 is 10.2 Å². The first kappa shape index (κ1) is 13.7. The van der Waals surface area contributed by atoms with Gasteiger partial charge in [-0.25, -0.2) is 0 Å². The van der Waals surface area contributed by atoms with Crippen LogP contribution in [0, 0.1) is 0 Å². The second kappa shape index (κ2) is 6.04. The molecule has 1 unspecified atom stereocenters. The molecule has 0 amide bonds. The third-order valence-corrected chi connectivity index (χ3v) is 4.24. The number of nitrogens with one attached hydrogen (secondary N) is 1. The SMILES string of the molecule is Clc1cccc(Cl)c1N1CCNC(c2ccccc2)C1. The van der Waals surface area contributed by atoms with Gasteiger partial charge in [0.15, 0.2) is 0 Å². The lowest BCUT2D eigenvalue weighted by Gasteiger charge is -2.36. The Kier molecular flexibility index (Phi) is 4.16. The number of para-hydroxylation sites is 1. The molecule has 1 atom stereocenters. The molecule has 3 rings (SSSR count). The summed E-state index contributed by atoms with van der Waals surface area (Å²) in [6, 6.07) is 16.4. The van der Waals surface area contributed by atoms with E-state index in [0.717, 1.165) is 25.3 Å². The average Bonchev–Trinajstić information content (AvgIpc) is 2.48. The van der Waals surface area contributed by atoms with E-state index in [4.69, 9.17) is 23.2 Å². The molecular formula is C16H16Cl2N2. The highest BCUT2D eigenvalue weighted by atomic mass is 35.5. The molecule has 1 heterocycles. The molecule has 1 saturated heterocycles.